The highest BCUT2D eigenvalue weighted by molar-refractivity contribution is 7.98. The summed E-state index contributed by atoms with van der Waals surface area (Å²) in [6, 6.07) is 0. The van der Waals surface area contributed by atoms with E-state index < -0.39 is 0 Å². The summed E-state index contributed by atoms with van der Waals surface area (Å²) in [5.74, 6) is 2.82. The minimum absolute atomic E-state index is 0.740. The van der Waals surface area contributed by atoms with E-state index >= 15 is 0 Å². The maximum Gasteiger partial charge on any atom is 0.0794 e. The smallest absolute Gasteiger partial charge is 0.0794 e. The van der Waals surface area contributed by atoms with E-state index in [9.17, 15) is 0 Å². The molecular weight excluding hydrogens is 186 g/mol. The van der Waals surface area contributed by atoms with Crippen molar-refractivity contribution >= 4 is 34.7 Å². The quantitative estimate of drug-likeness (QED) is 0.539. The van der Waals surface area contributed by atoms with Crippen LogP contribution in [0.25, 0.3) is 0 Å². The van der Waals surface area contributed by atoms with Gasteiger partial charge in [-0.3, -0.25) is 4.98 Å². The molecule has 0 bridgehead atoms. The summed E-state index contributed by atoms with van der Waals surface area (Å²) in [6.45, 7) is 0. The molecule has 1 rings (SSSR count). The first-order chi connectivity index (χ1) is 4.93. The lowest BCUT2D eigenvalue weighted by Crippen LogP contribution is -1.79. The number of hydrogen-bond acceptors (Lipinski definition) is 3. The number of thioether (sulfide) groups is 1. The monoisotopic (exact) mass is 193 g/mol. The number of thiazole rings is 1. The van der Waals surface area contributed by atoms with Gasteiger partial charge in [0.2, 0.25) is 0 Å². The molecule has 0 atom stereocenters. The van der Waals surface area contributed by atoms with Crippen molar-refractivity contribution in [2.75, 3.05) is 11.6 Å². The second-order valence-electron chi connectivity index (χ2n) is 1.71. The molecule has 0 aromatic carbocycles. The minimum Gasteiger partial charge on any atom is -0.253 e. The summed E-state index contributed by atoms with van der Waals surface area (Å²) in [4.78, 5) is 5.30. The van der Waals surface area contributed by atoms with Gasteiger partial charge in [0, 0.05) is 28.5 Å². The van der Waals surface area contributed by atoms with Crippen LogP contribution in [0.4, 0.5) is 0 Å². The van der Waals surface area contributed by atoms with Crippen LogP contribution in [0.15, 0.2) is 11.7 Å². The second-order valence-corrected chi connectivity index (χ2v) is 4.16. The summed E-state index contributed by atoms with van der Waals surface area (Å²) < 4.78 is 0. The molecule has 0 aliphatic carbocycles. The van der Waals surface area contributed by atoms with Gasteiger partial charge in [-0.25, -0.2) is 0 Å². The van der Waals surface area contributed by atoms with Crippen LogP contribution < -0.4 is 0 Å². The highest BCUT2D eigenvalue weighted by Gasteiger charge is 1.92. The van der Waals surface area contributed by atoms with E-state index in [0.717, 1.165) is 17.4 Å². The van der Waals surface area contributed by atoms with Crippen LogP contribution in [0.5, 0.6) is 0 Å². The Kier molecular flexibility index (Phi) is 4.18. The lowest BCUT2D eigenvalue weighted by molar-refractivity contribution is 1.37. The van der Waals surface area contributed by atoms with Crippen LogP contribution in [-0.2, 0) is 5.75 Å². The van der Waals surface area contributed by atoms with E-state index in [-0.39, 0.29) is 0 Å². The number of hydrogen-bond donors (Lipinski definition) is 0. The van der Waals surface area contributed by atoms with Gasteiger partial charge in [0.15, 0.2) is 0 Å². The Labute approximate surface area is 73.8 Å². The second kappa shape index (κ2) is 4.99. The first-order valence-corrected chi connectivity index (χ1v) is 5.51. The predicted octanol–water partition coefficient (Wildman–Crippen LogP) is 2.62. The molecule has 1 aromatic heterocycles. The third-order valence-electron chi connectivity index (χ3n) is 0.949. The number of alkyl halides is 1. The van der Waals surface area contributed by atoms with Crippen LogP contribution in [0.3, 0.4) is 0 Å². The van der Waals surface area contributed by atoms with Gasteiger partial charge in [0.05, 0.1) is 5.51 Å². The van der Waals surface area contributed by atoms with Crippen molar-refractivity contribution in [3.8, 4) is 0 Å². The van der Waals surface area contributed by atoms with Crippen molar-refractivity contribution in [2.24, 2.45) is 0 Å². The predicted molar refractivity (Wildman–Crippen MR) is 49.0 cm³/mol. The third kappa shape index (κ3) is 2.90. The molecule has 1 nitrogen and oxygen atoms in total. The first kappa shape index (κ1) is 8.37. The fourth-order valence-corrected chi connectivity index (χ4v) is 2.30. The summed E-state index contributed by atoms with van der Waals surface area (Å²) in [7, 11) is 0. The highest BCUT2D eigenvalue weighted by atomic mass is 35.5. The van der Waals surface area contributed by atoms with Crippen molar-refractivity contribution in [3.05, 3.63) is 16.6 Å². The molecule has 1 aromatic rings. The maximum atomic E-state index is 5.51. The lowest BCUT2D eigenvalue weighted by Gasteiger charge is -1.92. The van der Waals surface area contributed by atoms with Gasteiger partial charge in [-0.2, -0.15) is 11.8 Å². The maximum absolute atomic E-state index is 5.51. The SMILES string of the molecule is ClCCSCc1cncs1. The Bertz CT molecular complexity index is 164. The van der Waals surface area contributed by atoms with E-state index in [1.54, 1.807) is 11.3 Å². The Morgan fingerprint density at radius 3 is 3.20 bits per heavy atom. The molecule has 56 valence electrons. The van der Waals surface area contributed by atoms with Crippen molar-refractivity contribution in [1.82, 2.24) is 4.98 Å². The molecule has 0 saturated carbocycles. The summed E-state index contributed by atoms with van der Waals surface area (Å²) in [6.07, 6.45) is 1.91. The topological polar surface area (TPSA) is 12.9 Å². The molecule has 10 heavy (non-hydrogen) atoms. The first-order valence-electron chi connectivity index (χ1n) is 2.94. The number of nitrogens with zero attached hydrogens (tertiary/aromatic N) is 1. The van der Waals surface area contributed by atoms with Gasteiger partial charge in [0.25, 0.3) is 0 Å². The van der Waals surface area contributed by atoms with Crippen molar-refractivity contribution in [1.29, 1.82) is 0 Å². The largest absolute Gasteiger partial charge is 0.253 e. The fourth-order valence-electron chi connectivity index (χ4n) is 0.541. The highest BCUT2D eigenvalue weighted by Crippen LogP contribution is 2.14. The number of rotatable bonds is 4. The van der Waals surface area contributed by atoms with E-state index in [1.807, 2.05) is 23.5 Å². The average Bonchev–Trinajstić information content (AvgIpc) is 2.41. The molecular formula is C6H8ClNS2. The molecule has 0 N–H and O–H groups in total. The molecule has 1 heterocycles. The zero-order valence-corrected chi connectivity index (χ0v) is 7.81. The van der Waals surface area contributed by atoms with Gasteiger partial charge < -0.3 is 0 Å². The molecule has 0 radical (unpaired) electrons. The fraction of sp³-hybridized carbons (Fsp3) is 0.500. The Morgan fingerprint density at radius 2 is 2.60 bits per heavy atom. The van der Waals surface area contributed by atoms with Crippen LogP contribution in [0.1, 0.15) is 4.88 Å². The minimum atomic E-state index is 0.740. The van der Waals surface area contributed by atoms with Crippen LogP contribution >= 0.6 is 34.7 Å². The molecule has 0 amide bonds. The van der Waals surface area contributed by atoms with Crippen LogP contribution in [0.2, 0.25) is 0 Å². The molecule has 4 heteroatoms. The number of aromatic nitrogens is 1. The standard InChI is InChI=1S/C6H8ClNS2/c7-1-2-9-4-6-3-8-5-10-6/h3,5H,1-2,4H2. The van der Waals surface area contributed by atoms with E-state index in [0.29, 0.717) is 0 Å². The summed E-state index contributed by atoms with van der Waals surface area (Å²) in [5.41, 5.74) is 1.86. The molecule has 0 aliphatic rings. The Balaban J connectivity index is 2.15. The molecule has 0 fully saturated rings. The van der Waals surface area contributed by atoms with Crippen molar-refractivity contribution in [3.63, 3.8) is 0 Å². The normalized spacial score (nSPS) is 10.1. The van der Waals surface area contributed by atoms with E-state index in [4.69, 9.17) is 11.6 Å². The Morgan fingerprint density at radius 1 is 1.70 bits per heavy atom. The summed E-state index contributed by atoms with van der Waals surface area (Å²) in [5, 5.41) is 0. The molecule has 0 unspecified atom stereocenters. The zero-order valence-electron chi connectivity index (χ0n) is 5.42. The van der Waals surface area contributed by atoms with E-state index in [2.05, 4.69) is 4.98 Å². The van der Waals surface area contributed by atoms with E-state index in [1.165, 1.54) is 4.88 Å². The number of halogens is 1. The molecule has 0 spiro atoms. The van der Waals surface area contributed by atoms with Gasteiger partial charge in [0.1, 0.15) is 0 Å². The third-order valence-corrected chi connectivity index (χ3v) is 3.33. The van der Waals surface area contributed by atoms with Crippen molar-refractivity contribution < 1.29 is 0 Å². The average molecular weight is 194 g/mol. The van der Waals surface area contributed by atoms with Crippen LogP contribution in [0, 0.1) is 0 Å². The van der Waals surface area contributed by atoms with Gasteiger partial charge in [-0.15, -0.1) is 22.9 Å². The van der Waals surface area contributed by atoms with Gasteiger partial charge in [-0.05, 0) is 0 Å². The van der Waals surface area contributed by atoms with Crippen LogP contribution in [-0.4, -0.2) is 16.6 Å². The summed E-state index contributed by atoms with van der Waals surface area (Å²) >= 11 is 9.06. The molecule has 0 saturated heterocycles. The zero-order chi connectivity index (χ0) is 7.23. The Hall–Kier alpha value is 0.270. The van der Waals surface area contributed by atoms with Crippen molar-refractivity contribution in [2.45, 2.75) is 5.75 Å². The molecule has 0 aliphatic heterocycles. The van der Waals surface area contributed by atoms with Gasteiger partial charge in [-0.1, -0.05) is 0 Å². The lowest BCUT2D eigenvalue weighted by atomic mass is 10.6. The van der Waals surface area contributed by atoms with Gasteiger partial charge >= 0.3 is 0 Å².